The molecule has 0 aliphatic carbocycles. The highest BCUT2D eigenvalue weighted by molar-refractivity contribution is 6.08. The highest BCUT2D eigenvalue weighted by Gasteiger charge is 2.31. The van der Waals surface area contributed by atoms with Gasteiger partial charge in [-0.2, -0.15) is 0 Å². The van der Waals surface area contributed by atoms with Gasteiger partial charge in [0, 0.05) is 24.3 Å². The second kappa shape index (κ2) is 7.72. The molecule has 0 radical (unpaired) electrons. The topological polar surface area (TPSA) is 60.3 Å². The van der Waals surface area contributed by atoms with Crippen LogP contribution in [0.5, 0.6) is 5.75 Å². The molecule has 0 saturated heterocycles. The molecule has 1 atom stereocenters. The Morgan fingerprint density at radius 1 is 1.07 bits per heavy atom. The number of methoxy groups -OCH3 is 1. The molecule has 1 N–H and O–H groups in total. The van der Waals surface area contributed by atoms with Crippen molar-refractivity contribution in [3.05, 3.63) is 89.2 Å². The number of ether oxygens (including phenoxy) is 1. The van der Waals surface area contributed by atoms with Gasteiger partial charge in [-0.1, -0.05) is 42.5 Å². The van der Waals surface area contributed by atoms with E-state index in [2.05, 4.69) is 5.32 Å². The number of amides is 1. The Labute approximate surface area is 163 Å². The van der Waals surface area contributed by atoms with Crippen molar-refractivity contribution in [3.8, 4) is 5.75 Å². The van der Waals surface area contributed by atoms with Gasteiger partial charge in [-0.25, -0.2) is 0 Å². The van der Waals surface area contributed by atoms with Crippen LogP contribution in [0.1, 0.15) is 39.6 Å². The number of nitrogens with zero attached hydrogens (tertiary/aromatic N) is 1. The second-order valence-corrected chi connectivity index (χ2v) is 6.90. The Kier molecular flexibility index (Phi) is 4.98. The van der Waals surface area contributed by atoms with Crippen LogP contribution < -0.4 is 10.1 Å². The van der Waals surface area contributed by atoms with Gasteiger partial charge in [-0.3, -0.25) is 9.59 Å². The number of fused-ring (bicyclic) bond motifs is 1. The first-order valence-corrected chi connectivity index (χ1v) is 9.37. The largest absolute Gasteiger partial charge is 0.497 e. The van der Waals surface area contributed by atoms with Crippen molar-refractivity contribution in [2.75, 3.05) is 7.11 Å². The summed E-state index contributed by atoms with van der Waals surface area (Å²) in [6, 6.07) is 20.6. The van der Waals surface area contributed by atoms with E-state index in [1.807, 2.05) is 71.3 Å². The van der Waals surface area contributed by atoms with E-state index >= 15 is 0 Å². The summed E-state index contributed by atoms with van der Waals surface area (Å²) in [6.45, 7) is 1.12. The Balaban J connectivity index is 1.47. The van der Waals surface area contributed by atoms with Gasteiger partial charge < -0.3 is 14.6 Å². The minimum absolute atomic E-state index is 0.00992. The Bertz CT molecular complexity index is 1010. The van der Waals surface area contributed by atoms with Gasteiger partial charge >= 0.3 is 0 Å². The van der Waals surface area contributed by atoms with E-state index in [0.29, 0.717) is 30.8 Å². The zero-order valence-electron chi connectivity index (χ0n) is 15.7. The van der Waals surface area contributed by atoms with Crippen LogP contribution >= 0.6 is 0 Å². The summed E-state index contributed by atoms with van der Waals surface area (Å²) in [5.41, 5.74) is 3.20. The number of rotatable bonds is 6. The van der Waals surface area contributed by atoms with Crippen molar-refractivity contribution in [2.24, 2.45) is 0 Å². The predicted molar refractivity (Wildman–Crippen MR) is 107 cm³/mol. The molecule has 5 heteroatoms. The zero-order valence-corrected chi connectivity index (χ0v) is 15.7. The molecule has 0 bridgehead atoms. The van der Waals surface area contributed by atoms with Gasteiger partial charge in [-0.05, 0) is 36.2 Å². The van der Waals surface area contributed by atoms with Crippen LogP contribution in [0.2, 0.25) is 0 Å². The van der Waals surface area contributed by atoms with E-state index in [9.17, 15) is 9.59 Å². The minimum Gasteiger partial charge on any atom is -0.497 e. The molecule has 2 aromatic carbocycles. The molecule has 0 unspecified atom stereocenters. The van der Waals surface area contributed by atoms with E-state index < -0.39 is 0 Å². The summed E-state index contributed by atoms with van der Waals surface area (Å²) in [7, 11) is 1.62. The van der Waals surface area contributed by atoms with Crippen LogP contribution in [0.25, 0.3) is 0 Å². The Morgan fingerprint density at radius 3 is 2.68 bits per heavy atom. The maximum absolute atomic E-state index is 12.8. The Hall–Kier alpha value is -3.34. The maximum Gasteiger partial charge on any atom is 0.229 e. The van der Waals surface area contributed by atoms with Crippen LogP contribution in [-0.2, 0) is 17.9 Å². The van der Waals surface area contributed by atoms with Gasteiger partial charge in [0.25, 0.3) is 0 Å². The molecule has 1 aromatic heterocycles. The number of carbonyl (C=O) groups excluding carboxylic acids is 2. The monoisotopic (exact) mass is 374 g/mol. The lowest BCUT2D eigenvalue weighted by atomic mass is 10.0. The van der Waals surface area contributed by atoms with Crippen molar-refractivity contribution >= 4 is 11.7 Å². The average molecular weight is 374 g/mol. The lowest BCUT2D eigenvalue weighted by molar-refractivity contribution is -0.122. The molecule has 1 aliphatic rings. The molecule has 142 valence electrons. The number of hydrogen-bond donors (Lipinski definition) is 1. The molecule has 1 amide bonds. The standard InChI is InChI=1S/C23H22N2O3/c1-28-18-9-5-6-16(14-18)15-24-23(27)19-12-13-25-20(19)10-11-21(25)22(26)17-7-3-2-4-8-17/h2-11,14,19H,12-13,15H2,1H3,(H,24,27)/t19-/m1/s1. The van der Waals surface area contributed by atoms with Gasteiger partial charge in [0.1, 0.15) is 5.75 Å². The molecule has 0 fully saturated rings. The van der Waals surface area contributed by atoms with E-state index in [-0.39, 0.29) is 17.6 Å². The zero-order chi connectivity index (χ0) is 19.5. The first-order chi connectivity index (χ1) is 13.7. The normalized spacial score (nSPS) is 15.1. The third-order valence-corrected chi connectivity index (χ3v) is 5.20. The fraction of sp³-hybridized carbons (Fsp3) is 0.217. The van der Waals surface area contributed by atoms with Crippen LogP contribution in [0.15, 0.2) is 66.7 Å². The van der Waals surface area contributed by atoms with Crippen LogP contribution in [0, 0.1) is 0 Å². The maximum atomic E-state index is 12.8. The van der Waals surface area contributed by atoms with Crippen molar-refractivity contribution in [1.82, 2.24) is 9.88 Å². The third kappa shape index (κ3) is 3.43. The second-order valence-electron chi connectivity index (χ2n) is 6.90. The molecule has 1 aliphatic heterocycles. The highest BCUT2D eigenvalue weighted by atomic mass is 16.5. The molecular weight excluding hydrogens is 352 g/mol. The number of ketones is 1. The summed E-state index contributed by atoms with van der Waals surface area (Å²) in [5.74, 6) is 0.510. The predicted octanol–water partition coefficient (Wildman–Crippen LogP) is 3.53. The van der Waals surface area contributed by atoms with Gasteiger partial charge in [0.2, 0.25) is 11.7 Å². The summed E-state index contributed by atoms with van der Waals surface area (Å²) >= 11 is 0. The highest BCUT2D eigenvalue weighted by Crippen LogP contribution is 2.31. The number of benzene rings is 2. The first-order valence-electron chi connectivity index (χ1n) is 9.37. The first kappa shape index (κ1) is 18.0. The van der Waals surface area contributed by atoms with Crippen LogP contribution in [-0.4, -0.2) is 23.4 Å². The van der Waals surface area contributed by atoms with E-state index in [1.54, 1.807) is 7.11 Å². The molecule has 3 aromatic rings. The number of aromatic nitrogens is 1. The third-order valence-electron chi connectivity index (χ3n) is 5.20. The summed E-state index contributed by atoms with van der Waals surface area (Å²) in [6.07, 6.45) is 0.704. The van der Waals surface area contributed by atoms with E-state index in [4.69, 9.17) is 4.74 Å². The fourth-order valence-electron chi connectivity index (χ4n) is 3.74. The molecule has 0 saturated carbocycles. The summed E-state index contributed by atoms with van der Waals surface area (Å²) in [4.78, 5) is 25.5. The molecule has 2 heterocycles. The molecule has 5 nitrogen and oxygen atoms in total. The number of nitrogens with one attached hydrogen (secondary N) is 1. The molecule has 0 spiro atoms. The van der Waals surface area contributed by atoms with E-state index in [0.717, 1.165) is 17.0 Å². The van der Waals surface area contributed by atoms with Crippen LogP contribution in [0.4, 0.5) is 0 Å². The lowest BCUT2D eigenvalue weighted by Gasteiger charge is -2.11. The van der Waals surface area contributed by atoms with Gasteiger partial charge in [0.15, 0.2) is 0 Å². The molecular formula is C23H22N2O3. The van der Waals surface area contributed by atoms with Crippen molar-refractivity contribution in [1.29, 1.82) is 0 Å². The summed E-state index contributed by atoms with van der Waals surface area (Å²) in [5, 5.41) is 3.01. The van der Waals surface area contributed by atoms with E-state index in [1.165, 1.54) is 0 Å². The SMILES string of the molecule is COc1cccc(CNC(=O)[C@@H]2CCn3c(C(=O)c4ccccc4)ccc32)c1. The smallest absolute Gasteiger partial charge is 0.229 e. The number of carbonyl (C=O) groups is 2. The van der Waals surface area contributed by atoms with Crippen molar-refractivity contribution in [2.45, 2.75) is 25.4 Å². The van der Waals surface area contributed by atoms with Gasteiger partial charge in [-0.15, -0.1) is 0 Å². The van der Waals surface area contributed by atoms with Crippen molar-refractivity contribution in [3.63, 3.8) is 0 Å². The number of hydrogen-bond acceptors (Lipinski definition) is 3. The average Bonchev–Trinajstić information content (AvgIpc) is 3.34. The lowest BCUT2D eigenvalue weighted by Crippen LogP contribution is -2.27. The Morgan fingerprint density at radius 2 is 1.89 bits per heavy atom. The minimum atomic E-state index is -0.233. The van der Waals surface area contributed by atoms with Gasteiger partial charge in [0.05, 0.1) is 18.7 Å². The van der Waals surface area contributed by atoms with Crippen LogP contribution in [0.3, 0.4) is 0 Å². The summed E-state index contributed by atoms with van der Waals surface area (Å²) < 4.78 is 7.20. The molecule has 4 rings (SSSR count). The fourth-order valence-corrected chi connectivity index (χ4v) is 3.74. The molecule has 28 heavy (non-hydrogen) atoms. The van der Waals surface area contributed by atoms with Crippen molar-refractivity contribution < 1.29 is 14.3 Å². The quantitative estimate of drug-likeness (QED) is 0.672.